The lowest BCUT2D eigenvalue weighted by Crippen LogP contribution is -2.30. The van der Waals surface area contributed by atoms with Crippen molar-refractivity contribution >= 4 is 62.6 Å². The summed E-state index contributed by atoms with van der Waals surface area (Å²) in [4.78, 5) is 52.5. The highest BCUT2D eigenvalue weighted by Crippen LogP contribution is 2.45. The summed E-state index contributed by atoms with van der Waals surface area (Å²) in [5, 5.41) is 3.16. The second kappa shape index (κ2) is 11.3. The number of nitrogens with one attached hydrogen (secondary N) is 1. The van der Waals surface area contributed by atoms with Crippen LogP contribution in [0.1, 0.15) is 46.7 Å². The standard InChI is InChI=1S/C30H26BrClN2O5/c1-17-25(14-13-24(31)27(17)32)33-26(35)16-39-30(38)19-7-10-21(11-8-19)34-28(36)22-12-9-20(15-23(22)29(34)37)18-5-3-2-4-6-18/h2-8,10-11,13-14,20,22-23H,9,12,15-16H2,1H3,(H,33,35)/t20-,22+,23-/m0/s1. The number of hydrogen-bond acceptors (Lipinski definition) is 5. The monoisotopic (exact) mass is 608 g/mol. The molecular weight excluding hydrogens is 584 g/mol. The summed E-state index contributed by atoms with van der Waals surface area (Å²) >= 11 is 9.52. The van der Waals surface area contributed by atoms with Crippen LogP contribution < -0.4 is 10.2 Å². The number of halogens is 2. The molecule has 200 valence electrons. The van der Waals surface area contributed by atoms with Gasteiger partial charge in [0, 0.05) is 10.2 Å². The first kappa shape index (κ1) is 27.1. The van der Waals surface area contributed by atoms with Gasteiger partial charge in [0.05, 0.1) is 28.1 Å². The van der Waals surface area contributed by atoms with Gasteiger partial charge >= 0.3 is 5.97 Å². The minimum absolute atomic E-state index is 0.188. The summed E-state index contributed by atoms with van der Waals surface area (Å²) in [6.45, 7) is 1.28. The van der Waals surface area contributed by atoms with Gasteiger partial charge in [-0.2, -0.15) is 0 Å². The fourth-order valence-electron chi connectivity index (χ4n) is 5.40. The third-order valence-corrected chi connectivity index (χ3v) is 8.88. The molecule has 0 spiro atoms. The highest BCUT2D eigenvalue weighted by molar-refractivity contribution is 9.10. The topological polar surface area (TPSA) is 92.8 Å². The molecule has 3 amide bonds. The van der Waals surface area contributed by atoms with E-state index in [-0.39, 0.29) is 35.1 Å². The van der Waals surface area contributed by atoms with Crippen LogP contribution in [0.4, 0.5) is 11.4 Å². The number of carbonyl (C=O) groups is 4. The first-order valence-corrected chi connectivity index (χ1v) is 13.9. The lowest BCUT2D eigenvalue weighted by molar-refractivity contribution is -0.122. The molecule has 39 heavy (non-hydrogen) atoms. The molecule has 9 heteroatoms. The van der Waals surface area contributed by atoms with Crippen molar-refractivity contribution in [2.75, 3.05) is 16.8 Å². The number of esters is 1. The van der Waals surface area contributed by atoms with Gasteiger partial charge in [0.2, 0.25) is 11.8 Å². The molecule has 2 fully saturated rings. The number of benzene rings is 3. The van der Waals surface area contributed by atoms with Crippen LogP contribution in [0.15, 0.2) is 71.2 Å². The van der Waals surface area contributed by atoms with E-state index in [1.807, 2.05) is 18.2 Å². The summed E-state index contributed by atoms with van der Waals surface area (Å²) in [6.07, 6.45) is 2.18. The molecular formula is C30H26BrClN2O5. The number of carbonyl (C=O) groups excluding carboxylic acids is 4. The molecule has 3 aromatic rings. The van der Waals surface area contributed by atoms with Crippen LogP contribution in [0.5, 0.6) is 0 Å². The number of nitrogens with zero attached hydrogens (tertiary/aromatic N) is 1. The minimum Gasteiger partial charge on any atom is -0.452 e. The van der Waals surface area contributed by atoms with Crippen molar-refractivity contribution in [1.82, 2.24) is 0 Å². The van der Waals surface area contributed by atoms with Crippen molar-refractivity contribution < 1.29 is 23.9 Å². The Bertz CT molecular complexity index is 1440. The number of anilines is 2. The molecule has 3 aromatic carbocycles. The van der Waals surface area contributed by atoms with E-state index in [4.69, 9.17) is 16.3 Å². The number of fused-ring (bicyclic) bond motifs is 1. The van der Waals surface area contributed by atoms with Crippen LogP contribution in [0.3, 0.4) is 0 Å². The van der Waals surface area contributed by atoms with E-state index >= 15 is 0 Å². The Balaban J connectivity index is 1.20. The van der Waals surface area contributed by atoms with E-state index in [1.54, 1.807) is 31.2 Å². The van der Waals surface area contributed by atoms with E-state index < -0.39 is 18.5 Å². The summed E-state index contributed by atoms with van der Waals surface area (Å²) in [7, 11) is 0. The molecule has 1 saturated carbocycles. The number of ether oxygens (including phenoxy) is 1. The van der Waals surface area contributed by atoms with Crippen LogP contribution in [0, 0.1) is 18.8 Å². The van der Waals surface area contributed by atoms with Gasteiger partial charge in [-0.3, -0.25) is 19.3 Å². The number of amides is 3. The molecule has 0 unspecified atom stereocenters. The maximum atomic E-state index is 13.3. The van der Waals surface area contributed by atoms with Crippen LogP contribution in [-0.4, -0.2) is 30.3 Å². The number of imide groups is 1. The second-order valence-corrected chi connectivity index (χ2v) is 11.1. The van der Waals surface area contributed by atoms with Gasteiger partial charge in [0.1, 0.15) is 0 Å². The zero-order valence-electron chi connectivity index (χ0n) is 21.2. The minimum atomic E-state index is -0.694. The van der Waals surface area contributed by atoms with E-state index in [9.17, 15) is 19.2 Å². The van der Waals surface area contributed by atoms with Gasteiger partial charge in [-0.1, -0.05) is 41.9 Å². The van der Waals surface area contributed by atoms with Gasteiger partial charge in [0.15, 0.2) is 6.61 Å². The lowest BCUT2D eigenvalue weighted by atomic mass is 9.73. The summed E-state index contributed by atoms with van der Waals surface area (Å²) in [5.74, 6) is -1.99. The van der Waals surface area contributed by atoms with E-state index in [1.165, 1.54) is 22.6 Å². The second-order valence-electron chi connectivity index (χ2n) is 9.85. The SMILES string of the molecule is Cc1c(NC(=O)COC(=O)c2ccc(N3C(=O)[C@H]4C[C@@H](c5ccccc5)CC[C@H]4C3=O)cc2)ccc(Br)c1Cl. The number of hydrogen-bond donors (Lipinski definition) is 1. The van der Waals surface area contributed by atoms with Gasteiger partial charge in [-0.25, -0.2) is 4.79 Å². The average molecular weight is 610 g/mol. The molecule has 1 N–H and O–H groups in total. The highest BCUT2D eigenvalue weighted by Gasteiger charge is 2.50. The predicted octanol–water partition coefficient (Wildman–Crippen LogP) is 6.28. The summed E-state index contributed by atoms with van der Waals surface area (Å²) < 4.78 is 5.86. The fourth-order valence-corrected chi connectivity index (χ4v) is 5.99. The highest BCUT2D eigenvalue weighted by atomic mass is 79.9. The van der Waals surface area contributed by atoms with Crippen molar-refractivity contribution in [3.05, 3.63) is 92.9 Å². The van der Waals surface area contributed by atoms with E-state index in [0.29, 0.717) is 39.3 Å². The fraction of sp³-hybridized carbons (Fsp3) is 0.267. The van der Waals surface area contributed by atoms with Crippen LogP contribution >= 0.6 is 27.5 Å². The average Bonchev–Trinajstić information content (AvgIpc) is 3.21. The lowest BCUT2D eigenvalue weighted by Gasteiger charge is -2.28. The van der Waals surface area contributed by atoms with Crippen LogP contribution in [-0.2, 0) is 19.1 Å². The third-order valence-electron chi connectivity index (χ3n) is 7.51. The smallest absolute Gasteiger partial charge is 0.338 e. The van der Waals surface area contributed by atoms with Gasteiger partial charge < -0.3 is 10.1 Å². The normalized spacial score (nSPS) is 20.5. The number of rotatable bonds is 6. The Morgan fingerprint density at radius 2 is 1.67 bits per heavy atom. The van der Waals surface area contributed by atoms with Crippen molar-refractivity contribution in [3.63, 3.8) is 0 Å². The molecule has 5 rings (SSSR count). The molecule has 1 aliphatic carbocycles. The zero-order valence-corrected chi connectivity index (χ0v) is 23.5. The van der Waals surface area contributed by atoms with Crippen LogP contribution in [0.2, 0.25) is 5.02 Å². The Morgan fingerprint density at radius 1 is 0.974 bits per heavy atom. The summed E-state index contributed by atoms with van der Waals surface area (Å²) in [6, 6.07) is 19.6. The first-order valence-electron chi connectivity index (χ1n) is 12.7. The molecule has 1 heterocycles. The van der Waals surface area contributed by atoms with Crippen molar-refractivity contribution in [2.24, 2.45) is 11.8 Å². The zero-order chi connectivity index (χ0) is 27.7. The maximum absolute atomic E-state index is 13.3. The van der Waals surface area contributed by atoms with Gasteiger partial charge in [-0.15, -0.1) is 0 Å². The van der Waals surface area contributed by atoms with E-state index in [2.05, 4.69) is 33.4 Å². The quantitative estimate of drug-likeness (QED) is 0.262. The first-order chi connectivity index (χ1) is 18.7. The predicted molar refractivity (Wildman–Crippen MR) is 152 cm³/mol. The Hall–Kier alpha value is -3.49. The molecule has 1 aliphatic heterocycles. The molecule has 3 atom stereocenters. The van der Waals surface area contributed by atoms with Gasteiger partial charge in [-0.05, 0) is 95.6 Å². The Morgan fingerprint density at radius 3 is 2.38 bits per heavy atom. The molecule has 2 aliphatic rings. The molecule has 0 bridgehead atoms. The van der Waals surface area contributed by atoms with Crippen molar-refractivity contribution in [3.8, 4) is 0 Å². The van der Waals surface area contributed by atoms with E-state index in [0.717, 1.165) is 6.42 Å². The molecule has 0 radical (unpaired) electrons. The largest absolute Gasteiger partial charge is 0.452 e. The summed E-state index contributed by atoms with van der Waals surface area (Å²) in [5.41, 5.74) is 3.02. The third kappa shape index (κ3) is 5.49. The van der Waals surface area contributed by atoms with Gasteiger partial charge in [0.25, 0.3) is 5.91 Å². The maximum Gasteiger partial charge on any atom is 0.338 e. The molecule has 7 nitrogen and oxygen atoms in total. The Kier molecular flexibility index (Phi) is 7.86. The van der Waals surface area contributed by atoms with Crippen LogP contribution in [0.25, 0.3) is 0 Å². The van der Waals surface area contributed by atoms with Crippen molar-refractivity contribution in [2.45, 2.75) is 32.1 Å². The molecule has 1 saturated heterocycles. The van der Waals surface area contributed by atoms with Crippen molar-refractivity contribution in [1.29, 1.82) is 0 Å². The Labute approximate surface area is 239 Å². The molecule has 0 aromatic heterocycles.